The minimum Gasteiger partial charge on any atom is -0.336 e. The molecule has 0 saturated heterocycles. The van der Waals surface area contributed by atoms with E-state index in [1.54, 1.807) is 13.0 Å². The summed E-state index contributed by atoms with van der Waals surface area (Å²) in [5, 5.41) is 4.51. The van der Waals surface area contributed by atoms with Gasteiger partial charge in [-0.25, -0.2) is 10.5 Å². The summed E-state index contributed by atoms with van der Waals surface area (Å²) in [5.74, 6) is 0.0249. The van der Waals surface area contributed by atoms with Gasteiger partial charge in [0, 0.05) is 6.20 Å². The number of fused-ring (bicyclic) bond motifs is 1. The fraction of sp³-hybridized carbons (Fsp3) is 0.417. The maximum atomic E-state index is 11.8. The molecule has 2 aromatic rings. The fourth-order valence-corrected chi connectivity index (χ4v) is 1.40. The third-order valence-corrected chi connectivity index (χ3v) is 2.35. The van der Waals surface area contributed by atoms with Crippen molar-refractivity contribution in [3.8, 4) is 0 Å². The van der Waals surface area contributed by atoms with Gasteiger partial charge in [0.2, 0.25) is 0 Å². The van der Waals surface area contributed by atoms with E-state index in [1.807, 2.05) is 13.8 Å². The molecular weight excluding hydrogens is 234 g/mol. The molecule has 0 unspecified atom stereocenters. The molecule has 2 aromatic heterocycles. The molecule has 2 rings (SSSR count). The minimum absolute atomic E-state index is 0.328. The Morgan fingerprint density at radius 3 is 3.06 bits per heavy atom. The van der Waals surface area contributed by atoms with Gasteiger partial charge in [-0.1, -0.05) is 19.0 Å². The van der Waals surface area contributed by atoms with E-state index in [2.05, 4.69) is 15.6 Å². The molecule has 6 heteroatoms. The van der Waals surface area contributed by atoms with Gasteiger partial charge in [-0.2, -0.15) is 0 Å². The van der Waals surface area contributed by atoms with Crippen molar-refractivity contribution in [1.82, 2.24) is 15.6 Å². The van der Waals surface area contributed by atoms with Crippen LogP contribution >= 0.6 is 0 Å². The van der Waals surface area contributed by atoms with Gasteiger partial charge in [-0.15, -0.1) is 0 Å². The van der Waals surface area contributed by atoms with Crippen molar-refractivity contribution in [3.63, 3.8) is 0 Å². The van der Waals surface area contributed by atoms with E-state index in [-0.39, 0.29) is 5.91 Å². The van der Waals surface area contributed by atoms with E-state index >= 15 is 0 Å². The predicted octanol–water partition coefficient (Wildman–Crippen LogP) is 1.85. The van der Waals surface area contributed by atoms with E-state index in [4.69, 9.17) is 9.36 Å². The Labute approximate surface area is 104 Å². The summed E-state index contributed by atoms with van der Waals surface area (Å²) in [5.41, 5.74) is 3.92. The van der Waals surface area contributed by atoms with Crippen molar-refractivity contribution in [2.45, 2.75) is 20.8 Å². The Morgan fingerprint density at radius 2 is 2.33 bits per heavy atom. The molecule has 96 valence electrons. The summed E-state index contributed by atoms with van der Waals surface area (Å²) in [6, 6.07) is 1.68. The lowest BCUT2D eigenvalue weighted by atomic mass is 10.2. The van der Waals surface area contributed by atoms with Gasteiger partial charge in [-0.3, -0.25) is 9.63 Å². The maximum Gasteiger partial charge on any atom is 0.276 e. The quantitative estimate of drug-likeness (QED) is 0.837. The first-order valence-corrected chi connectivity index (χ1v) is 5.72. The molecule has 0 aliphatic heterocycles. The number of aryl methyl sites for hydroxylation is 1. The highest BCUT2D eigenvalue weighted by Crippen LogP contribution is 2.16. The van der Waals surface area contributed by atoms with Gasteiger partial charge >= 0.3 is 0 Å². The average molecular weight is 249 g/mol. The van der Waals surface area contributed by atoms with Crippen LogP contribution in [-0.2, 0) is 4.84 Å². The van der Waals surface area contributed by atoms with Gasteiger partial charge in [0.15, 0.2) is 0 Å². The monoisotopic (exact) mass is 249 g/mol. The number of amides is 1. The number of nitrogens with zero attached hydrogens (tertiary/aromatic N) is 2. The molecule has 0 radical (unpaired) electrons. The van der Waals surface area contributed by atoms with Crippen LogP contribution in [0.2, 0.25) is 0 Å². The third-order valence-electron chi connectivity index (χ3n) is 2.35. The van der Waals surface area contributed by atoms with Crippen molar-refractivity contribution < 1.29 is 14.2 Å². The summed E-state index contributed by atoms with van der Waals surface area (Å²) in [6.07, 6.45) is 1.43. The number of carbonyl (C=O) groups excluding carboxylic acids is 1. The first-order chi connectivity index (χ1) is 8.58. The summed E-state index contributed by atoms with van der Waals surface area (Å²) in [7, 11) is 0. The van der Waals surface area contributed by atoms with E-state index in [1.165, 1.54) is 6.20 Å². The summed E-state index contributed by atoms with van der Waals surface area (Å²) < 4.78 is 4.97. The van der Waals surface area contributed by atoms with Crippen molar-refractivity contribution in [2.75, 3.05) is 6.61 Å². The normalized spacial score (nSPS) is 11.1. The van der Waals surface area contributed by atoms with Crippen LogP contribution in [0, 0.1) is 12.8 Å². The first kappa shape index (κ1) is 12.5. The topological polar surface area (TPSA) is 77.2 Å². The zero-order valence-corrected chi connectivity index (χ0v) is 10.6. The second-order valence-electron chi connectivity index (χ2n) is 4.48. The lowest BCUT2D eigenvalue weighted by Crippen LogP contribution is -2.25. The lowest BCUT2D eigenvalue weighted by molar-refractivity contribution is 0.0208. The Kier molecular flexibility index (Phi) is 3.57. The van der Waals surface area contributed by atoms with Crippen LogP contribution < -0.4 is 5.48 Å². The molecule has 0 spiro atoms. The number of pyridine rings is 1. The zero-order valence-electron chi connectivity index (χ0n) is 10.6. The summed E-state index contributed by atoms with van der Waals surface area (Å²) >= 11 is 0. The molecular formula is C12H15N3O3. The first-order valence-electron chi connectivity index (χ1n) is 5.72. The minimum atomic E-state index is -0.328. The molecule has 0 aliphatic rings. The van der Waals surface area contributed by atoms with Crippen molar-refractivity contribution in [2.24, 2.45) is 5.92 Å². The molecule has 6 nitrogen and oxygen atoms in total. The number of hydrogen-bond acceptors (Lipinski definition) is 5. The number of hydroxylamine groups is 1. The van der Waals surface area contributed by atoms with Crippen LogP contribution in [0.4, 0.5) is 0 Å². The van der Waals surface area contributed by atoms with Gasteiger partial charge in [0.25, 0.3) is 11.6 Å². The van der Waals surface area contributed by atoms with Gasteiger partial charge in [0.05, 0.1) is 23.3 Å². The van der Waals surface area contributed by atoms with Crippen molar-refractivity contribution >= 4 is 17.0 Å². The predicted molar refractivity (Wildman–Crippen MR) is 64.8 cm³/mol. The van der Waals surface area contributed by atoms with Crippen LogP contribution in [0.1, 0.15) is 29.9 Å². The smallest absolute Gasteiger partial charge is 0.276 e. The number of aromatic nitrogens is 2. The molecule has 1 amide bonds. The standard InChI is InChI=1S/C12H15N3O3/c1-7(2)6-17-15-11(16)9-4-10-8(3)14-18-12(10)13-5-9/h4-5,7H,6H2,1-3H3,(H,15,16). The van der Waals surface area contributed by atoms with Gasteiger partial charge < -0.3 is 4.52 Å². The Balaban J connectivity index is 2.10. The Bertz CT molecular complexity index is 563. The molecule has 2 heterocycles. The molecule has 0 aromatic carbocycles. The highest BCUT2D eigenvalue weighted by atomic mass is 16.6. The zero-order chi connectivity index (χ0) is 13.1. The SMILES string of the molecule is Cc1noc2ncc(C(=O)NOCC(C)C)cc12. The van der Waals surface area contributed by atoms with Crippen LogP contribution in [0.15, 0.2) is 16.8 Å². The highest BCUT2D eigenvalue weighted by molar-refractivity contribution is 5.96. The maximum absolute atomic E-state index is 11.8. The van der Waals surface area contributed by atoms with E-state index in [9.17, 15) is 4.79 Å². The van der Waals surface area contributed by atoms with Crippen LogP contribution in [-0.4, -0.2) is 22.7 Å². The number of carbonyl (C=O) groups is 1. The van der Waals surface area contributed by atoms with Crippen molar-refractivity contribution in [3.05, 3.63) is 23.5 Å². The Morgan fingerprint density at radius 1 is 1.56 bits per heavy atom. The molecule has 0 fully saturated rings. The molecule has 1 N–H and O–H groups in total. The number of rotatable bonds is 4. The molecule has 0 saturated carbocycles. The third kappa shape index (κ3) is 2.65. The van der Waals surface area contributed by atoms with Gasteiger partial charge in [-0.05, 0) is 18.9 Å². The van der Waals surface area contributed by atoms with Crippen LogP contribution in [0.3, 0.4) is 0 Å². The largest absolute Gasteiger partial charge is 0.336 e. The van der Waals surface area contributed by atoms with Crippen molar-refractivity contribution in [1.29, 1.82) is 0 Å². The fourth-order valence-electron chi connectivity index (χ4n) is 1.40. The second-order valence-corrected chi connectivity index (χ2v) is 4.48. The number of hydrogen-bond donors (Lipinski definition) is 1. The summed E-state index contributed by atoms with van der Waals surface area (Å²) in [4.78, 5) is 20.9. The lowest BCUT2D eigenvalue weighted by Gasteiger charge is -2.07. The highest BCUT2D eigenvalue weighted by Gasteiger charge is 2.11. The second kappa shape index (κ2) is 5.14. The van der Waals surface area contributed by atoms with E-state index in [0.29, 0.717) is 29.5 Å². The number of nitrogens with one attached hydrogen (secondary N) is 1. The molecule has 0 bridgehead atoms. The van der Waals surface area contributed by atoms with E-state index < -0.39 is 0 Å². The molecule has 18 heavy (non-hydrogen) atoms. The Hall–Kier alpha value is -1.95. The van der Waals surface area contributed by atoms with Gasteiger partial charge in [0.1, 0.15) is 0 Å². The van der Waals surface area contributed by atoms with E-state index in [0.717, 1.165) is 5.39 Å². The summed E-state index contributed by atoms with van der Waals surface area (Å²) in [6.45, 7) is 6.26. The average Bonchev–Trinajstić information content (AvgIpc) is 2.70. The molecule has 0 atom stereocenters. The van der Waals surface area contributed by atoms with Crippen LogP contribution in [0.5, 0.6) is 0 Å². The molecule has 0 aliphatic carbocycles. The van der Waals surface area contributed by atoms with Crippen LogP contribution in [0.25, 0.3) is 11.1 Å².